The van der Waals surface area contributed by atoms with Crippen molar-refractivity contribution in [2.24, 2.45) is 7.05 Å². The molecule has 0 radical (unpaired) electrons. The molecule has 0 spiro atoms. The van der Waals surface area contributed by atoms with E-state index in [4.69, 9.17) is 4.98 Å². The summed E-state index contributed by atoms with van der Waals surface area (Å²) in [5.41, 5.74) is 3.56. The van der Waals surface area contributed by atoms with E-state index >= 15 is 0 Å². The number of nitrogens with zero attached hydrogens (tertiary/aromatic N) is 4. The van der Waals surface area contributed by atoms with Crippen molar-refractivity contribution in [3.05, 3.63) is 47.2 Å². The molecule has 0 atom stereocenters. The van der Waals surface area contributed by atoms with E-state index in [9.17, 15) is 0 Å². The van der Waals surface area contributed by atoms with Crippen molar-refractivity contribution in [1.82, 2.24) is 19.7 Å². The van der Waals surface area contributed by atoms with Crippen LogP contribution in [0.3, 0.4) is 0 Å². The van der Waals surface area contributed by atoms with Crippen LogP contribution < -0.4 is 0 Å². The van der Waals surface area contributed by atoms with Crippen LogP contribution in [0.4, 0.5) is 0 Å². The lowest BCUT2D eigenvalue weighted by atomic mass is 10.1. The lowest BCUT2D eigenvalue weighted by molar-refractivity contribution is 0.788. The normalized spacial score (nSPS) is 10.9. The van der Waals surface area contributed by atoms with Crippen molar-refractivity contribution >= 4 is 23.1 Å². The molecular formula is C14H14N4S2. The number of hydrogen-bond donors (Lipinski definition) is 0. The van der Waals surface area contributed by atoms with Crippen LogP contribution in [-0.4, -0.2) is 19.7 Å². The summed E-state index contributed by atoms with van der Waals surface area (Å²) in [5, 5.41) is 12.0. The van der Waals surface area contributed by atoms with Crippen molar-refractivity contribution in [2.45, 2.75) is 17.8 Å². The number of benzene rings is 1. The zero-order chi connectivity index (χ0) is 13.9. The molecule has 0 aliphatic heterocycles. The molecule has 6 heteroatoms. The molecule has 0 saturated carbocycles. The van der Waals surface area contributed by atoms with Gasteiger partial charge in [0, 0.05) is 23.7 Å². The van der Waals surface area contributed by atoms with Crippen LogP contribution in [-0.2, 0) is 12.8 Å². The highest BCUT2D eigenvalue weighted by molar-refractivity contribution is 7.98. The van der Waals surface area contributed by atoms with E-state index in [1.165, 1.54) is 11.1 Å². The van der Waals surface area contributed by atoms with Crippen LogP contribution >= 0.6 is 23.1 Å². The molecule has 20 heavy (non-hydrogen) atoms. The topological polar surface area (TPSA) is 43.6 Å². The van der Waals surface area contributed by atoms with Gasteiger partial charge in [0.25, 0.3) is 0 Å². The molecule has 0 aliphatic carbocycles. The van der Waals surface area contributed by atoms with Crippen LogP contribution in [0.25, 0.3) is 10.6 Å². The number of aryl methyl sites for hydroxylation is 2. The Kier molecular flexibility index (Phi) is 3.84. The molecule has 0 aliphatic rings. The van der Waals surface area contributed by atoms with Crippen LogP contribution in [0.2, 0.25) is 0 Å². The van der Waals surface area contributed by atoms with Crippen LogP contribution in [0.15, 0.2) is 41.1 Å². The third kappa shape index (κ3) is 2.76. The average Bonchev–Trinajstić information content (AvgIpc) is 3.06. The smallest absolute Gasteiger partial charge is 0.191 e. The van der Waals surface area contributed by atoms with E-state index in [0.29, 0.717) is 0 Å². The summed E-state index contributed by atoms with van der Waals surface area (Å²) in [5.74, 6) is 0.814. The predicted octanol–water partition coefficient (Wildman–Crippen LogP) is 3.54. The van der Waals surface area contributed by atoms with Gasteiger partial charge < -0.3 is 4.57 Å². The average molecular weight is 302 g/mol. The van der Waals surface area contributed by atoms with Gasteiger partial charge in [-0.2, -0.15) is 0 Å². The van der Waals surface area contributed by atoms with Gasteiger partial charge in [-0.15, -0.1) is 21.5 Å². The van der Waals surface area contributed by atoms with Gasteiger partial charge in [0.1, 0.15) is 11.3 Å². The Balaban J connectivity index is 1.74. The second kappa shape index (κ2) is 5.76. The molecule has 0 amide bonds. The zero-order valence-corrected chi connectivity index (χ0v) is 12.9. The van der Waals surface area contributed by atoms with Crippen LogP contribution in [0.1, 0.15) is 11.3 Å². The van der Waals surface area contributed by atoms with Crippen molar-refractivity contribution < 1.29 is 0 Å². The van der Waals surface area contributed by atoms with E-state index in [-0.39, 0.29) is 0 Å². The van der Waals surface area contributed by atoms with Gasteiger partial charge in [0.2, 0.25) is 0 Å². The predicted molar refractivity (Wildman–Crippen MR) is 82.9 cm³/mol. The third-order valence-electron chi connectivity index (χ3n) is 2.95. The van der Waals surface area contributed by atoms with Gasteiger partial charge in [0.05, 0.1) is 5.69 Å². The fraction of sp³-hybridized carbons (Fsp3) is 0.214. The largest absolute Gasteiger partial charge is 0.312 e. The second-order valence-corrected chi connectivity index (χ2v) is 6.27. The highest BCUT2D eigenvalue weighted by Crippen LogP contribution is 2.28. The van der Waals surface area contributed by atoms with Crippen LogP contribution in [0, 0.1) is 6.92 Å². The molecule has 3 aromatic rings. The number of rotatable bonds is 4. The molecule has 0 unspecified atom stereocenters. The quantitative estimate of drug-likeness (QED) is 0.691. The fourth-order valence-corrected chi connectivity index (χ4v) is 3.65. The maximum absolute atomic E-state index is 4.71. The second-order valence-electron chi connectivity index (χ2n) is 4.47. The number of aromatic nitrogens is 4. The molecule has 2 heterocycles. The third-order valence-corrected chi connectivity index (χ3v) is 4.94. The van der Waals surface area contributed by atoms with Gasteiger partial charge in [-0.3, -0.25) is 0 Å². The van der Waals surface area contributed by atoms with Crippen molar-refractivity contribution in [2.75, 3.05) is 0 Å². The maximum atomic E-state index is 4.71. The molecule has 4 nitrogen and oxygen atoms in total. The zero-order valence-electron chi connectivity index (χ0n) is 11.3. The standard InChI is InChI=1S/C14H14N4S2/c1-10-5-3-4-6-12(10)13-16-11(7-19-13)8-20-14-17-15-9-18(14)2/h3-7,9H,8H2,1-2H3. The molecule has 3 rings (SSSR count). The SMILES string of the molecule is Cc1ccccc1-c1nc(CSc2nncn2C)cs1. The minimum absolute atomic E-state index is 0.814. The maximum Gasteiger partial charge on any atom is 0.191 e. The highest BCUT2D eigenvalue weighted by atomic mass is 32.2. The van der Waals surface area contributed by atoms with Crippen molar-refractivity contribution in [1.29, 1.82) is 0 Å². The Morgan fingerprint density at radius 2 is 2.15 bits per heavy atom. The van der Waals surface area contributed by atoms with Crippen molar-refractivity contribution in [3.8, 4) is 10.6 Å². The molecule has 0 N–H and O–H groups in total. The van der Waals surface area contributed by atoms with E-state index in [0.717, 1.165) is 21.6 Å². The first-order valence-electron chi connectivity index (χ1n) is 6.21. The number of hydrogen-bond acceptors (Lipinski definition) is 5. The summed E-state index contributed by atoms with van der Waals surface area (Å²) in [6.07, 6.45) is 1.71. The molecule has 0 fully saturated rings. The summed E-state index contributed by atoms with van der Waals surface area (Å²) in [4.78, 5) is 4.71. The molecule has 1 aromatic carbocycles. The Morgan fingerprint density at radius 3 is 2.90 bits per heavy atom. The Hall–Kier alpha value is -1.66. The summed E-state index contributed by atoms with van der Waals surface area (Å²) >= 11 is 3.34. The molecule has 102 valence electrons. The van der Waals surface area contributed by atoms with E-state index in [1.807, 2.05) is 11.6 Å². The van der Waals surface area contributed by atoms with Gasteiger partial charge in [0.15, 0.2) is 5.16 Å². The molecule has 2 aromatic heterocycles. The van der Waals surface area contributed by atoms with Gasteiger partial charge in [-0.25, -0.2) is 4.98 Å². The summed E-state index contributed by atoms with van der Waals surface area (Å²) < 4.78 is 1.92. The number of thiazole rings is 1. The first kappa shape index (κ1) is 13.3. The lowest BCUT2D eigenvalue weighted by Crippen LogP contribution is -1.90. The first-order valence-corrected chi connectivity index (χ1v) is 8.08. The Labute approximate surface area is 125 Å². The summed E-state index contributed by atoms with van der Waals surface area (Å²) in [6.45, 7) is 2.12. The number of thioether (sulfide) groups is 1. The van der Waals surface area contributed by atoms with Gasteiger partial charge in [-0.1, -0.05) is 36.0 Å². The van der Waals surface area contributed by atoms with E-state index in [2.05, 4.69) is 46.8 Å². The van der Waals surface area contributed by atoms with E-state index in [1.54, 1.807) is 29.4 Å². The fourth-order valence-electron chi connectivity index (χ4n) is 1.85. The monoisotopic (exact) mass is 302 g/mol. The lowest BCUT2D eigenvalue weighted by Gasteiger charge is -2.00. The van der Waals surface area contributed by atoms with Crippen LogP contribution in [0.5, 0.6) is 0 Å². The Bertz CT molecular complexity index is 717. The Morgan fingerprint density at radius 1 is 1.30 bits per heavy atom. The van der Waals surface area contributed by atoms with Gasteiger partial charge in [-0.05, 0) is 12.5 Å². The van der Waals surface area contributed by atoms with Crippen molar-refractivity contribution in [3.63, 3.8) is 0 Å². The minimum atomic E-state index is 0.814. The van der Waals surface area contributed by atoms with Gasteiger partial charge >= 0.3 is 0 Å². The minimum Gasteiger partial charge on any atom is -0.312 e. The van der Waals surface area contributed by atoms with E-state index < -0.39 is 0 Å². The molecule has 0 bridgehead atoms. The summed E-state index contributed by atoms with van der Waals surface area (Å²) in [6, 6.07) is 8.34. The molecular weight excluding hydrogens is 288 g/mol. The summed E-state index contributed by atoms with van der Waals surface area (Å²) in [7, 11) is 1.95. The highest BCUT2D eigenvalue weighted by Gasteiger charge is 2.08. The first-order chi connectivity index (χ1) is 9.74. The molecule has 0 saturated heterocycles.